The molecule has 1 fully saturated rings. The maximum atomic E-state index is 9.77. The van der Waals surface area contributed by atoms with Crippen molar-refractivity contribution in [3.05, 3.63) is 48.0 Å². The van der Waals surface area contributed by atoms with E-state index in [4.69, 9.17) is 9.47 Å². The minimum absolute atomic E-state index is 0.0355. The van der Waals surface area contributed by atoms with E-state index >= 15 is 0 Å². The molecule has 0 spiro atoms. The predicted molar refractivity (Wildman–Crippen MR) is 108 cm³/mol. The van der Waals surface area contributed by atoms with Crippen LogP contribution in [0.15, 0.2) is 42.5 Å². The van der Waals surface area contributed by atoms with Gasteiger partial charge < -0.3 is 24.4 Å². The molecule has 2 rings (SSSR count). The second kappa shape index (κ2) is 14.3. The Morgan fingerprint density at radius 3 is 2.61 bits per heavy atom. The van der Waals surface area contributed by atoms with Crippen molar-refractivity contribution < 1.29 is 29.2 Å². The summed E-state index contributed by atoms with van der Waals surface area (Å²) in [5.74, 6) is 0. The Bertz CT molecular complexity index is 547. The van der Waals surface area contributed by atoms with Crippen LogP contribution < -0.4 is 0 Å². The van der Waals surface area contributed by atoms with E-state index in [0.29, 0.717) is 19.5 Å². The molecular formula is C22H34O6. The van der Waals surface area contributed by atoms with Crippen molar-refractivity contribution in [1.82, 2.24) is 0 Å². The van der Waals surface area contributed by atoms with Crippen molar-refractivity contribution in [1.29, 1.82) is 0 Å². The molecule has 1 heterocycles. The number of rotatable bonds is 9. The molecule has 158 valence electrons. The van der Waals surface area contributed by atoms with Crippen LogP contribution in [-0.4, -0.2) is 54.0 Å². The van der Waals surface area contributed by atoms with Gasteiger partial charge in [-0.15, -0.1) is 0 Å². The number of hydrogen-bond acceptors (Lipinski definition) is 6. The van der Waals surface area contributed by atoms with E-state index in [0.717, 1.165) is 19.3 Å². The van der Waals surface area contributed by atoms with E-state index in [-0.39, 0.29) is 12.2 Å². The fourth-order valence-corrected chi connectivity index (χ4v) is 2.73. The van der Waals surface area contributed by atoms with E-state index in [1.54, 1.807) is 6.92 Å². The van der Waals surface area contributed by atoms with Crippen LogP contribution in [0.1, 0.15) is 45.6 Å². The monoisotopic (exact) mass is 394 g/mol. The number of carbonyl (C=O) groups excluding carboxylic acids is 1. The number of aliphatic hydroxyl groups excluding tert-OH is 2. The number of hydrogen-bond donors (Lipinski definition) is 2. The molecule has 5 atom stereocenters. The smallest absolute Gasteiger partial charge is 0.293 e. The van der Waals surface area contributed by atoms with Crippen molar-refractivity contribution in [2.75, 3.05) is 6.61 Å². The molecule has 0 amide bonds. The van der Waals surface area contributed by atoms with Gasteiger partial charge in [-0.1, -0.05) is 42.5 Å². The minimum atomic E-state index is -0.745. The van der Waals surface area contributed by atoms with E-state index < -0.39 is 18.5 Å². The maximum absolute atomic E-state index is 9.77. The van der Waals surface area contributed by atoms with Crippen molar-refractivity contribution >= 4 is 6.47 Å². The van der Waals surface area contributed by atoms with Gasteiger partial charge >= 0.3 is 0 Å². The van der Waals surface area contributed by atoms with Crippen LogP contribution in [0, 0.1) is 0 Å². The number of benzene rings is 1. The lowest BCUT2D eigenvalue weighted by atomic mass is 10.0. The van der Waals surface area contributed by atoms with Crippen molar-refractivity contribution in [3.8, 4) is 0 Å². The number of allylic oxidation sites excluding steroid dienone is 2. The summed E-state index contributed by atoms with van der Waals surface area (Å²) in [6.45, 7) is 6.69. The molecule has 1 aromatic carbocycles. The van der Waals surface area contributed by atoms with Crippen LogP contribution in [0.4, 0.5) is 0 Å². The third-order valence-electron chi connectivity index (χ3n) is 4.45. The Balaban J connectivity index is 0.000000307. The molecule has 1 saturated heterocycles. The molecule has 1 aliphatic rings. The average Bonchev–Trinajstić information content (AvgIpc) is 2.68. The van der Waals surface area contributed by atoms with Crippen LogP contribution >= 0.6 is 0 Å². The zero-order valence-electron chi connectivity index (χ0n) is 17.1. The summed E-state index contributed by atoms with van der Waals surface area (Å²) in [5.41, 5.74) is 1.19. The maximum Gasteiger partial charge on any atom is 0.293 e. The summed E-state index contributed by atoms with van der Waals surface area (Å²) in [7, 11) is 0. The molecular weight excluding hydrogens is 360 g/mol. The second-order valence-corrected chi connectivity index (χ2v) is 6.88. The third kappa shape index (κ3) is 9.99. The van der Waals surface area contributed by atoms with Gasteiger partial charge in [0.05, 0.1) is 24.9 Å². The van der Waals surface area contributed by atoms with Crippen molar-refractivity contribution in [3.63, 3.8) is 0 Å². The predicted octanol–water partition coefficient (Wildman–Crippen LogP) is 3.01. The van der Waals surface area contributed by atoms with Crippen LogP contribution in [-0.2, 0) is 25.4 Å². The third-order valence-corrected chi connectivity index (χ3v) is 4.45. The minimum Gasteiger partial charge on any atom is -0.468 e. The highest BCUT2D eigenvalue weighted by Gasteiger charge is 2.35. The number of ether oxygens (including phenoxy) is 3. The number of carbonyl (C=O) groups is 1. The molecule has 1 aromatic rings. The van der Waals surface area contributed by atoms with Crippen LogP contribution in [0.2, 0.25) is 0 Å². The standard InChI is InChI=1S/C13H24O4.C9H10O2/c1-4-5-6-7-9(2)16-13-12(15)8-11(14)10(3)17-13;10-8-11-7-6-9-4-2-1-3-5-9/h4-5,9-15H,6-8H2,1-3H3;1-5,8H,6-7H2/b5-4+;/t9-,10+,11?,12-,13?;/m1./s1. The first-order valence-corrected chi connectivity index (χ1v) is 9.85. The second-order valence-electron chi connectivity index (χ2n) is 6.88. The molecule has 0 radical (unpaired) electrons. The first kappa shape index (κ1) is 24.3. The van der Waals surface area contributed by atoms with E-state index in [2.05, 4.69) is 10.8 Å². The summed E-state index contributed by atoms with van der Waals surface area (Å²) < 4.78 is 15.7. The molecule has 2 N–H and O–H groups in total. The summed E-state index contributed by atoms with van der Waals surface area (Å²) in [5, 5.41) is 19.3. The van der Waals surface area contributed by atoms with Gasteiger partial charge in [0, 0.05) is 12.8 Å². The molecule has 0 saturated carbocycles. The Hall–Kier alpha value is -1.73. The van der Waals surface area contributed by atoms with E-state index in [1.165, 1.54) is 5.56 Å². The van der Waals surface area contributed by atoms with Gasteiger partial charge in [0.25, 0.3) is 6.47 Å². The van der Waals surface area contributed by atoms with Gasteiger partial charge in [-0.25, -0.2) is 0 Å². The first-order chi connectivity index (χ1) is 13.5. The fraction of sp³-hybridized carbons (Fsp3) is 0.591. The lowest BCUT2D eigenvalue weighted by Gasteiger charge is -2.36. The lowest BCUT2D eigenvalue weighted by Crippen LogP contribution is -2.48. The molecule has 0 bridgehead atoms. The number of aliphatic hydroxyl groups is 2. The Morgan fingerprint density at radius 1 is 1.25 bits per heavy atom. The van der Waals surface area contributed by atoms with Gasteiger partial charge in [-0.05, 0) is 39.2 Å². The summed E-state index contributed by atoms with van der Waals surface area (Å²) in [4.78, 5) is 9.77. The zero-order valence-corrected chi connectivity index (χ0v) is 17.1. The summed E-state index contributed by atoms with van der Waals surface area (Å²) >= 11 is 0. The quantitative estimate of drug-likeness (QED) is 0.380. The van der Waals surface area contributed by atoms with Crippen LogP contribution in [0.3, 0.4) is 0 Å². The molecule has 1 aliphatic heterocycles. The largest absolute Gasteiger partial charge is 0.468 e. The molecule has 0 aliphatic carbocycles. The Morgan fingerprint density at radius 2 is 1.96 bits per heavy atom. The highest BCUT2D eigenvalue weighted by Crippen LogP contribution is 2.22. The SMILES string of the molecule is C/C=C/CC[C@@H](C)OC1O[C@@H](C)C(O)C[C@H]1O.O=COCCc1ccccc1. The van der Waals surface area contributed by atoms with Gasteiger partial charge in [-0.3, -0.25) is 4.79 Å². The zero-order chi connectivity index (χ0) is 20.8. The van der Waals surface area contributed by atoms with Gasteiger partial charge in [0.2, 0.25) is 0 Å². The Labute approximate surface area is 168 Å². The van der Waals surface area contributed by atoms with Gasteiger partial charge in [-0.2, -0.15) is 0 Å². The topological polar surface area (TPSA) is 85.2 Å². The molecule has 2 unspecified atom stereocenters. The Kier molecular flexibility index (Phi) is 12.4. The van der Waals surface area contributed by atoms with E-state index in [9.17, 15) is 15.0 Å². The first-order valence-electron chi connectivity index (χ1n) is 9.85. The van der Waals surface area contributed by atoms with E-state index in [1.807, 2.05) is 50.3 Å². The average molecular weight is 395 g/mol. The van der Waals surface area contributed by atoms with Gasteiger partial charge in [0.1, 0.15) is 6.10 Å². The summed E-state index contributed by atoms with van der Waals surface area (Å²) in [6.07, 6.45) is 4.84. The van der Waals surface area contributed by atoms with Crippen LogP contribution in [0.5, 0.6) is 0 Å². The molecule has 28 heavy (non-hydrogen) atoms. The van der Waals surface area contributed by atoms with Crippen molar-refractivity contribution in [2.45, 2.75) is 77.2 Å². The van der Waals surface area contributed by atoms with Crippen LogP contribution in [0.25, 0.3) is 0 Å². The van der Waals surface area contributed by atoms with Gasteiger partial charge in [0.15, 0.2) is 6.29 Å². The summed E-state index contributed by atoms with van der Waals surface area (Å²) in [6, 6.07) is 9.92. The lowest BCUT2D eigenvalue weighted by molar-refractivity contribution is -0.273. The molecule has 0 aromatic heterocycles. The highest BCUT2D eigenvalue weighted by molar-refractivity contribution is 5.36. The fourth-order valence-electron chi connectivity index (χ4n) is 2.73. The van der Waals surface area contributed by atoms with Crippen molar-refractivity contribution in [2.24, 2.45) is 0 Å². The molecule has 6 nitrogen and oxygen atoms in total. The highest BCUT2D eigenvalue weighted by atomic mass is 16.7. The molecule has 6 heteroatoms. The normalized spacial score (nSPS) is 25.6.